The van der Waals surface area contributed by atoms with Gasteiger partial charge in [0.05, 0.1) is 16.8 Å². The minimum absolute atomic E-state index is 0.467. The molecule has 0 fully saturated rings. The van der Waals surface area contributed by atoms with Gasteiger partial charge in [-0.1, -0.05) is 194 Å². The van der Waals surface area contributed by atoms with E-state index in [1.807, 2.05) is 36.4 Å². The Morgan fingerprint density at radius 1 is 0.297 bits per heavy atom. The summed E-state index contributed by atoms with van der Waals surface area (Å²) < 4.78 is 2.17. The number of hydrogen-bond acceptors (Lipinski definition) is 4. The van der Waals surface area contributed by atoms with E-state index in [2.05, 4.69) is 193 Å². The largest absolute Gasteiger partial charge is 0.299 e. The number of nitrogens with zero attached hydrogens (tertiary/aromatic N) is 5. The number of pyridine rings is 1. The molecule has 0 atom stereocenters. The van der Waals surface area contributed by atoms with Gasteiger partial charge in [0.25, 0.3) is 0 Å². The molecule has 2 aliphatic rings. The van der Waals surface area contributed by atoms with E-state index in [-0.39, 0.29) is 0 Å². The molecule has 0 radical (unpaired) electrons. The van der Waals surface area contributed by atoms with Crippen LogP contribution in [0, 0.1) is 0 Å². The Bertz CT molecular complexity index is 3550. The van der Waals surface area contributed by atoms with Crippen LogP contribution in [0.2, 0.25) is 0 Å². The van der Waals surface area contributed by atoms with E-state index in [0.717, 1.165) is 56.0 Å². The molecule has 3 aromatic heterocycles. The third-order valence-corrected chi connectivity index (χ3v) is 13.1. The van der Waals surface area contributed by atoms with Gasteiger partial charge >= 0.3 is 0 Å². The van der Waals surface area contributed by atoms with Crippen LogP contribution in [0.4, 0.5) is 0 Å². The zero-order valence-corrected chi connectivity index (χ0v) is 34.6. The van der Waals surface area contributed by atoms with Crippen LogP contribution in [0.15, 0.2) is 225 Å². The van der Waals surface area contributed by atoms with Gasteiger partial charge in [0.15, 0.2) is 17.5 Å². The zero-order valence-electron chi connectivity index (χ0n) is 34.6. The molecular formula is C59H37N5. The third-order valence-electron chi connectivity index (χ3n) is 13.1. The number of hydrogen-bond donors (Lipinski definition) is 0. The van der Waals surface area contributed by atoms with Gasteiger partial charge in [0, 0.05) is 34.0 Å². The molecular weight excluding hydrogens is 779 g/mol. The van der Waals surface area contributed by atoms with Gasteiger partial charge < -0.3 is 0 Å². The average molecular weight is 816 g/mol. The van der Waals surface area contributed by atoms with E-state index in [1.54, 1.807) is 0 Å². The number of benzene rings is 8. The smallest absolute Gasteiger partial charge is 0.164 e. The molecule has 0 bridgehead atoms. The van der Waals surface area contributed by atoms with Crippen molar-refractivity contribution in [2.45, 2.75) is 5.41 Å². The van der Waals surface area contributed by atoms with Gasteiger partial charge in [-0.3, -0.25) is 4.40 Å². The van der Waals surface area contributed by atoms with Gasteiger partial charge in [-0.2, -0.15) is 0 Å². The van der Waals surface area contributed by atoms with Gasteiger partial charge in [-0.25, -0.2) is 19.9 Å². The van der Waals surface area contributed by atoms with Gasteiger partial charge in [0.2, 0.25) is 0 Å². The topological polar surface area (TPSA) is 56.0 Å². The lowest BCUT2D eigenvalue weighted by Gasteiger charge is -2.30. The van der Waals surface area contributed by atoms with Crippen LogP contribution in [0.5, 0.6) is 0 Å². The predicted octanol–water partition coefficient (Wildman–Crippen LogP) is 13.9. The Labute approximate surface area is 370 Å². The number of rotatable bonds is 6. The lowest BCUT2D eigenvalue weighted by atomic mass is 9.70. The fourth-order valence-corrected chi connectivity index (χ4v) is 10.3. The Morgan fingerprint density at radius 2 is 0.766 bits per heavy atom. The number of aromatic nitrogens is 5. The molecule has 0 N–H and O–H groups in total. The molecule has 2 aliphatic carbocycles. The van der Waals surface area contributed by atoms with Gasteiger partial charge in [-0.05, 0) is 79.9 Å². The Balaban J connectivity index is 0.928. The zero-order chi connectivity index (χ0) is 42.2. The van der Waals surface area contributed by atoms with Gasteiger partial charge in [-0.15, -0.1) is 0 Å². The van der Waals surface area contributed by atoms with Crippen molar-refractivity contribution in [1.82, 2.24) is 24.3 Å². The standard InChI is InChI=1S/C59H37N5/c1-3-16-40(17-4-1)55-54(60-53-28-13-14-35-64(53)55)39-31-29-38(30-32-39)42-20-15-21-43(36-42)57-61-56(41-18-5-2-6-19-41)62-58(63-57)44-33-34-48-47-24-9-12-27-51(47)59(52(48)37-44)49-25-10-7-22-45(49)46-23-8-11-26-50(46)59/h1-37H. The van der Waals surface area contributed by atoms with E-state index < -0.39 is 5.41 Å². The lowest BCUT2D eigenvalue weighted by Crippen LogP contribution is -2.25. The Kier molecular flexibility index (Phi) is 8.06. The molecule has 0 saturated carbocycles. The first-order valence-corrected chi connectivity index (χ1v) is 21.7. The van der Waals surface area contributed by atoms with E-state index in [4.69, 9.17) is 19.9 Å². The third kappa shape index (κ3) is 5.44. The van der Waals surface area contributed by atoms with Crippen molar-refractivity contribution in [3.8, 4) is 90.1 Å². The summed E-state index contributed by atoms with van der Waals surface area (Å²) in [5, 5.41) is 0. The predicted molar refractivity (Wildman–Crippen MR) is 257 cm³/mol. The Hall–Kier alpha value is -8.54. The van der Waals surface area contributed by atoms with Crippen molar-refractivity contribution in [2.75, 3.05) is 0 Å². The van der Waals surface area contributed by atoms with Crippen LogP contribution in [-0.2, 0) is 5.41 Å². The molecule has 5 heteroatoms. The van der Waals surface area contributed by atoms with Crippen LogP contribution in [-0.4, -0.2) is 24.3 Å². The quantitative estimate of drug-likeness (QED) is 0.168. The molecule has 11 aromatic rings. The van der Waals surface area contributed by atoms with Crippen molar-refractivity contribution in [1.29, 1.82) is 0 Å². The SMILES string of the molecule is c1ccc(-c2nc(-c3cccc(-c4ccc(-c5nc6ccccn6c5-c5ccccc5)cc4)c3)nc(-c3ccc4c(c3)C3(c5ccccc5-c5ccccc53)c3ccccc3-4)n2)cc1. The molecule has 8 aromatic carbocycles. The second-order valence-corrected chi connectivity index (χ2v) is 16.6. The molecule has 5 nitrogen and oxygen atoms in total. The monoisotopic (exact) mass is 815 g/mol. The van der Waals surface area contributed by atoms with E-state index in [9.17, 15) is 0 Å². The highest BCUT2D eigenvalue weighted by molar-refractivity contribution is 5.96. The van der Waals surface area contributed by atoms with Crippen LogP contribution in [0.3, 0.4) is 0 Å². The molecule has 0 unspecified atom stereocenters. The van der Waals surface area contributed by atoms with E-state index >= 15 is 0 Å². The minimum Gasteiger partial charge on any atom is -0.299 e. The summed E-state index contributed by atoms with van der Waals surface area (Å²) >= 11 is 0. The van der Waals surface area contributed by atoms with Crippen molar-refractivity contribution < 1.29 is 0 Å². The summed E-state index contributed by atoms with van der Waals surface area (Å²) in [6.07, 6.45) is 2.08. The van der Waals surface area contributed by atoms with E-state index in [0.29, 0.717) is 17.5 Å². The fourth-order valence-electron chi connectivity index (χ4n) is 10.3. The van der Waals surface area contributed by atoms with Crippen molar-refractivity contribution in [2.24, 2.45) is 0 Å². The maximum atomic E-state index is 5.29. The summed E-state index contributed by atoms with van der Waals surface area (Å²) in [5.41, 5.74) is 19.8. The highest BCUT2D eigenvalue weighted by atomic mass is 15.0. The van der Waals surface area contributed by atoms with Gasteiger partial charge in [0.1, 0.15) is 5.65 Å². The maximum Gasteiger partial charge on any atom is 0.164 e. The van der Waals surface area contributed by atoms with Crippen molar-refractivity contribution in [3.63, 3.8) is 0 Å². The molecule has 3 heterocycles. The first kappa shape index (κ1) is 36.1. The summed E-state index contributed by atoms with van der Waals surface area (Å²) in [4.78, 5) is 20.7. The summed E-state index contributed by atoms with van der Waals surface area (Å²) in [7, 11) is 0. The molecule has 13 rings (SSSR count). The second kappa shape index (κ2) is 14.3. The maximum absolute atomic E-state index is 5.29. The lowest BCUT2D eigenvalue weighted by molar-refractivity contribution is 0.794. The van der Waals surface area contributed by atoms with Crippen molar-refractivity contribution in [3.05, 3.63) is 247 Å². The highest BCUT2D eigenvalue weighted by Gasteiger charge is 2.51. The van der Waals surface area contributed by atoms with Crippen molar-refractivity contribution >= 4 is 5.65 Å². The molecule has 298 valence electrons. The first-order valence-electron chi connectivity index (χ1n) is 21.7. The average Bonchev–Trinajstić information content (AvgIpc) is 4.01. The number of fused-ring (bicyclic) bond motifs is 11. The van der Waals surface area contributed by atoms with Crippen LogP contribution < -0.4 is 0 Å². The highest BCUT2D eigenvalue weighted by Crippen LogP contribution is 2.63. The van der Waals surface area contributed by atoms with Crippen LogP contribution >= 0.6 is 0 Å². The molecule has 64 heavy (non-hydrogen) atoms. The van der Waals surface area contributed by atoms with Crippen LogP contribution in [0.1, 0.15) is 22.3 Å². The first-order chi connectivity index (χ1) is 31.7. The summed E-state index contributed by atoms with van der Waals surface area (Å²) in [6, 6.07) is 77.5. The summed E-state index contributed by atoms with van der Waals surface area (Å²) in [6.45, 7) is 0. The fraction of sp³-hybridized carbons (Fsp3) is 0.0169. The normalized spacial score (nSPS) is 12.8. The molecule has 1 spiro atoms. The minimum atomic E-state index is -0.467. The molecule has 0 saturated heterocycles. The van der Waals surface area contributed by atoms with E-state index in [1.165, 1.54) is 44.5 Å². The second-order valence-electron chi connectivity index (χ2n) is 16.6. The summed E-state index contributed by atoms with van der Waals surface area (Å²) in [5.74, 6) is 1.88. The molecule has 0 amide bonds. The number of imidazole rings is 1. The Morgan fingerprint density at radius 3 is 1.41 bits per heavy atom. The molecule has 0 aliphatic heterocycles. The van der Waals surface area contributed by atoms with Crippen LogP contribution in [0.25, 0.3) is 95.7 Å².